The number of hydrogen-bond acceptors (Lipinski definition) is 5. The van der Waals surface area contributed by atoms with Crippen LogP contribution < -0.4 is 4.74 Å². The number of carbonyl (C=O) groups is 1. The second-order valence-corrected chi connectivity index (χ2v) is 11.4. The Morgan fingerprint density at radius 1 is 1.06 bits per heavy atom. The Morgan fingerprint density at radius 2 is 1.82 bits per heavy atom. The Bertz CT molecular complexity index is 1070. The maximum atomic E-state index is 13.4. The predicted molar refractivity (Wildman–Crippen MR) is 131 cm³/mol. The SMILES string of the molecule is Cc1cccc(CS(=O)(=O)N2CCC[C@@](COc3ccccc3)(CC(=O)N3CCOCC3)C2)c1. The fourth-order valence-electron chi connectivity index (χ4n) is 4.82. The Kier molecular flexibility index (Phi) is 7.91. The summed E-state index contributed by atoms with van der Waals surface area (Å²) in [6.45, 7) is 5.22. The predicted octanol–water partition coefficient (Wildman–Crippen LogP) is 3.23. The normalized spacial score (nSPS) is 21.9. The summed E-state index contributed by atoms with van der Waals surface area (Å²) in [6, 6.07) is 17.1. The molecule has 0 aliphatic carbocycles. The standard InChI is InChI=1S/C26H34N2O5S/c1-22-7-5-8-23(17-22)19-34(30,31)28-12-6-11-26(20-28,21-33-24-9-3-2-4-10-24)18-25(29)27-13-15-32-16-14-27/h2-5,7-10,17H,6,11-16,18-21H2,1H3/t26-/m1/s1. The Balaban J connectivity index is 1.53. The highest BCUT2D eigenvalue weighted by Gasteiger charge is 2.42. The van der Waals surface area contributed by atoms with E-state index < -0.39 is 15.4 Å². The summed E-state index contributed by atoms with van der Waals surface area (Å²) in [7, 11) is -3.53. The number of carbonyl (C=O) groups excluding carboxylic acids is 1. The third-order valence-electron chi connectivity index (χ3n) is 6.63. The Morgan fingerprint density at radius 3 is 2.56 bits per heavy atom. The van der Waals surface area contributed by atoms with Crippen molar-refractivity contribution in [3.8, 4) is 5.75 Å². The number of hydrogen-bond donors (Lipinski definition) is 0. The van der Waals surface area contributed by atoms with E-state index in [0.29, 0.717) is 45.9 Å². The molecule has 2 fully saturated rings. The number of para-hydroxylation sites is 1. The lowest BCUT2D eigenvalue weighted by Crippen LogP contribution is -2.52. The van der Waals surface area contributed by atoms with E-state index in [2.05, 4.69) is 0 Å². The van der Waals surface area contributed by atoms with Crippen LogP contribution in [0, 0.1) is 12.3 Å². The van der Waals surface area contributed by atoms with Gasteiger partial charge in [0.25, 0.3) is 0 Å². The molecule has 7 nitrogen and oxygen atoms in total. The first-order valence-electron chi connectivity index (χ1n) is 11.9. The average Bonchev–Trinajstić information content (AvgIpc) is 2.84. The first kappa shape index (κ1) is 24.7. The molecule has 34 heavy (non-hydrogen) atoms. The zero-order valence-electron chi connectivity index (χ0n) is 19.8. The number of morpholine rings is 1. The number of piperidine rings is 1. The van der Waals surface area contributed by atoms with Gasteiger partial charge >= 0.3 is 0 Å². The quantitative estimate of drug-likeness (QED) is 0.573. The molecule has 0 bridgehead atoms. The van der Waals surface area contributed by atoms with Gasteiger partial charge in [-0.2, -0.15) is 0 Å². The van der Waals surface area contributed by atoms with Crippen molar-refractivity contribution in [1.82, 2.24) is 9.21 Å². The minimum atomic E-state index is -3.53. The average molecular weight is 487 g/mol. The maximum absolute atomic E-state index is 13.4. The van der Waals surface area contributed by atoms with Gasteiger partial charge in [0.05, 0.1) is 25.6 Å². The number of benzene rings is 2. The van der Waals surface area contributed by atoms with Gasteiger partial charge in [0.1, 0.15) is 5.75 Å². The molecule has 2 aromatic rings. The monoisotopic (exact) mass is 486 g/mol. The van der Waals surface area contributed by atoms with Crippen LogP contribution in [-0.4, -0.2) is 69.5 Å². The molecule has 1 amide bonds. The second kappa shape index (κ2) is 10.9. The first-order chi connectivity index (χ1) is 16.4. The highest BCUT2D eigenvalue weighted by Crippen LogP contribution is 2.37. The molecule has 2 aromatic carbocycles. The molecule has 0 radical (unpaired) electrons. The minimum absolute atomic E-state index is 0.0397. The van der Waals surface area contributed by atoms with Gasteiger partial charge in [-0.1, -0.05) is 48.0 Å². The topological polar surface area (TPSA) is 76.2 Å². The van der Waals surface area contributed by atoms with E-state index in [9.17, 15) is 13.2 Å². The lowest BCUT2D eigenvalue weighted by atomic mass is 9.78. The minimum Gasteiger partial charge on any atom is -0.493 e. The maximum Gasteiger partial charge on any atom is 0.223 e. The van der Waals surface area contributed by atoms with E-state index in [4.69, 9.17) is 9.47 Å². The van der Waals surface area contributed by atoms with Crippen LogP contribution in [0.3, 0.4) is 0 Å². The van der Waals surface area contributed by atoms with Crippen molar-refractivity contribution in [2.45, 2.75) is 31.9 Å². The van der Waals surface area contributed by atoms with Gasteiger partial charge in [0, 0.05) is 38.0 Å². The molecule has 8 heteroatoms. The second-order valence-electron chi connectivity index (χ2n) is 9.45. The molecule has 0 unspecified atom stereocenters. The molecule has 0 saturated carbocycles. The molecule has 0 spiro atoms. The van der Waals surface area contributed by atoms with E-state index in [0.717, 1.165) is 23.3 Å². The zero-order chi connectivity index (χ0) is 24.0. The van der Waals surface area contributed by atoms with Crippen LogP contribution in [0.5, 0.6) is 5.75 Å². The van der Waals surface area contributed by atoms with Gasteiger partial charge in [-0.3, -0.25) is 4.79 Å². The van der Waals surface area contributed by atoms with Crippen LogP contribution in [-0.2, 0) is 25.3 Å². The lowest BCUT2D eigenvalue weighted by molar-refractivity contribution is -0.139. The van der Waals surface area contributed by atoms with Crippen LogP contribution in [0.4, 0.5) is 0 Å². The van der Waals surface area contributed by atoms with Crippen LogP contribution in [0.25, 0.3) is 0 Å². The van der Waals surface area contributed by atoms with Crippen molar-refractivity contribution in [2.75, 3.05) is 46.0 Å². The molecule has 2 heterocycles. The molecule has 2 saturated heterocycles. The number of nitrogens with zero attached hydrogens (tertiary/aromatic N) is 2. The van der Waals surface area contributed by atoms with Crippen LogP contribution >= 0.6 is 0 Å². The van der Waals surface area contributed by atoms with E-state index in [1.807, 2.05) is 66.4 Å². The smallest absolute Gasteiger partial charge is 0.223 e. The van der Waals surface area contributed by atoms with E-state index in [1.54, 1.807) is 4.31 Å². The molecule has 0 aromatic heterocycles. The van der Waals surface area contributed by atoms with Gasteiger partial charge in [-0.15, -0.1) is 0 Å². The highest BCUT2D eigenvalue weighted by atomic mass is 32.2. The van der Waals surface area contributed by atoms with Crippen molar-refractivity contribution in [1.29, 1.82) is 0 Å². The van der Waals surface area contributed by atoms with E-state index in [-0.39, 0.29) is 24.6 Å². The summed E-state index contributed by atoms with van der Waals surface area (Å²) < 4.78 is 39.9. The molecule has 0 N–H and O–H groups in total. The number of rotatable bonds is 8. The van der Waals surface area contributed by atoms with Gasteiger partial charge in [0.15, 0.2) is 0 Å². The lowest BCUT2D eigenvalue weighted by Gasteiger charge is -2.42. The van der Waals surface area contributed by atoms with Crippen LogP contribution in [0.1, 0.15) is 30.4 Å². The van der Waals surface area contributed by atoms with Gasteiger partial charge in [0.2, 0.25) is 15.9 Å². The van der Waals surface area contributed by atoms with Gasteiger partial charge in [-0.05, 0) is 37.5 Å². The highest BCUT2D eigenvalue weighted by molar-refractivity contribution is 7.88. The number of sulfonamides is 1. The summed E-state index contributed by atoms with van der Waals surface area (Å²) in [5, 5.41) is 0. The number of aryl methyl sites for hydroxylation is 1. The summed E-state index contributed by atoms with van der Waals surface area (Å²) >= 11 is 0. The van der Waals surface area contributed by atoms with Crippen molar-refractivity contribution in [2.24, 2.45) is 5.41 Å². The van der Waals surface area contributed by atoms with Gasteiger partial charge in [-0.25, -0.2) is 12.7 Å². The molecule has 1 atom stereocenters. The summed E-state index contributed by atoms with van der Waals surface area (Å²) in [5.41, 5.74) is 1.23. The third kappa shape index (κ3) is 6.37. The van der Waals surface area contributed by atoms with Crippen LogP contribution in [0.2, 0.25) is 0 Å². The zero-order valence-corrected chi connectivity index (χ0v) is 20.6. The summed E-state index contributed by atoms with van der Waals surface area (Å²) in [5.74, 6) is 0.722. The molecular formula is C26H34N2O5S. The fourth-order valence-corrected chi connectivity index (χ4v) is 6.48. The Hall–Kier alpha value is -2.42. The fraction of sp³-hybridized carbons (Fsp3) is 0.500. The molecule has 184 valence electrons. The number of ether oxygens (including phenoxy) is 2. The van der Waals surface area contributed by atoms with Gasteiger partial charge < -0.3 is 14.4 Å². The summed E-state index contributed by atoms with van der Waals surface area (Å²) in [6.07, 6.45) is 1.70. The first-order valence-corrected chi connectivity index (χ1v) is 13.5. The molecule has 2 aliphatic rings. The summed E-state index contributed by atoms with van der Waals surface area (Å²) in [4.78, 5) is 15.0. The molecule has 4 rings (SSSR count). The molecule has 2 aliphatic heterocycles. The molecular weight excluding hydrogens is 452 g/mol. The van der Waals surface area contributed by atoms with E-state index >= 15 is 0 Å². The van der Waals surface area contributed by atoms with Crippen molar-refractivity contribution < 1.29 is 22.7 Å². The Labute approximate surface area is 202 Å². The third-order valence-corrected chi connectivity index (χ3v) is 8.43. The van der Waals surface area contributed by atoms with Crippen molar-refractivity contribution in [3.63, 3.8) is 0 Å². The van der Waals surface area contributed by atoms with Crippen molar-refractivity contribution in [3.05, 3.63) is 65.7 Å². The largest absolute Gasteiger partial charge is 0.493 e. The van der Waals surface area contributed by atoms with Crippen molar-refractivity contribution >= 4 is 15.9 Å². The van der Waals surface area contributed by atoms with Crippen LogP contribution in [0.15, 0.2) is 54.6 Å². The van der Waals surface area contributed by atoms with E-state index in [1.165, 1.54) is 0 Å². The number of amides is 1.